The normalized spacial score (nSPS) is 10.8. The Kier molecular flexibility index (Phi) is 5.56. The van der Waals surface area contributed by atoms with E-state index in [0.29, 0.717) is 23.7 Å². The molecule has 21 heavy (non-hydrogen) atoms. The molecule has 0 aliphatic carbocycles. The summed E-state index contributed by atoms with van der Waals surface area (Å²) in [6.07, 6.45) is 0.769. The zero-order valence-electron chi connectivity index (χ0n) is 12.0. The zero-order chi connectivity index (χ0) is 15.2. The topological polar surface area (TPSA) is 57.2 Å². The molecule has 2 N–H and O–H groups in total. The lowest BCUT2D eigenvalue weighted by atomic mass is 10.1. The van der Waals surface area contributed by atoms with Crippen molar-refractivity contribution in [2.75, 3.05) is 13.7 Å². The van der Waals surface area contributed by atoms with E-state index < -0.39 is 0 Å². The van der Waals surface area contributed by atoms with Crippen LogP contribution in [-0.4, -0.2) is 18.3 Å². The van der Waals surface area contributed by atoms with E-state index >= 15 is 0 Å². The Balaban J connectivity index is 2.46. The Morgan fingerprint density at radius 1 is 1.19 bits per heavy atom. The third-order valence-corrected chi connectivity index (χ3v) is 3.60. The summed E-state index contributed by atoms with van der Waals surface area (Å²) >= 11 is 5.92. The fourth-order valence-corrected chi connectivity index (χ4v) is 2.37. The van der Waals surface area contributed by atoms with E-state index in [-0.39, 0.29) is 12.1 Å². The molecule has 0 fully saturated rings. The second kappa shape index (κ2) is 7.41. The van der Waals surface area contributed by atoms with Crippen molar-refractivity contribution in [3.8, 4) is 11.3 Å². The van der Waals surface area contributed by atoms with Gasteiger partial charge in [-0.1, -0.05) is 29.8 Å². The van der Waals surface area contributed by atoms with Crippen molar-refractivity contribution < 1.29 is 4.74 Å². The van der Waals surface area contributed by atoms with Crippen molar-refractivity contribution in [3.63, 3.8) is 0 Å². The first-order chi connectivity index (χ1) is 10.2. The highest BCUT2D eigenvalue weighted by molar-refractivity contribution is 6.30. The minimum absolute atomic E-state index is 0.0407. The van der Waals surface area contributed by atoms with Gasteiger partial charge in [-0.05, 0) is 30.2 Å². The van der Waals surface area contributed by atoms with E-state index in [2.05, 4.69) is 0 Å². The van der Waals surface area contributed by atoms with Gasteiger partial charge in [-0.15, -0.1) is 0 Å². The number of halogens is 1. The van der Waals surface area contributed by atoms with Gasteiger partial charge in [0, 0.05) is 37.4 Å². The van der Waals surface area contributed by atoms with Crippen LogP contribution in [0.2, 0.25) is 5.02 Å². The van der Waals surface area contributed by atoms with E-state index in [9.17, 15) is 4.79 Å². The van der Waals surface area contributed by atoms with Crippen LogP contribution in [0.15, 0.2) is 41.2 Å². The predicted octanol–water partition coefficient (Wildman–Crippen LogP) is 2.66. The summed E-state index contributed by atoms with van der Waals surface area (Å²) in [5.41, 5.74) is 8.02. The molecule has 2 aromatic rings. The number of ether oxygens (including phenoxy) is 1. The van der Waals surface area contributed by atoms with Crippen LogP contribution in [0.25, 0.3) is 11.3 Å². The first-order valence-electron chi connectivity index (χ1n) is 6.85. The molecule has 0 saturated heterocycles. The predicted molar refractivity (Wildman–Crippen MR) is 85.5 cm³/mol. The molecule has 1 aromatic heterocycles. The lowest BCUT2D eigenvalue weighted by Crippen LogP contribution is -2.27. The smallest absolute Gasteiger partial charge is 0.255 e. The van der Waals surface area contributed by atoms with Gasteiger partial charge >= 0.3 is 0 Å². The maximum Gasteiger partial charge on any atom is 0.255 e. The molecule has 0 atom stereocenters. The number of methoxy groups -OCH3 is 1. The number of nitrogens with two attached hydrogens (primary N) is 1. The maximum atomic E-state index is 12.5. The SMILES string of the molecule is COCCCn1c(-c2ccc(Cl)cc2)ccc(CN)c1=O. The van der Waals surface area contributed by atoms with Crippen molar-refractivity contribution in [1.82, 2.24) is 4.57 Å². The van der Waals surface area contributed by atoms with Crippen LogP contribution >= 0.6 is 11.6 Å². The third-order valence-electron chi connectivity index (χ3n) is 3.34. The van der Waals surface area contributed by atoms with Crippen LogP contribution in [0.1, 0.15) is 12.0 Å². The monoisotopic (exact) mass is 306 g/mol. The first-order valence-corrected chi connectivity index (χ1v) is 7.23. The molecule has 0 bridgehead atoms. The summed E-state index contributed by atoms with van der Waals surface area (Å²) in [4.78, 5) is 12.5. The van der Waals surface area contributed by atoms with E-state index in [4.69, 9.17) is 22.1 Å². The molecule has 0 unspecified atom stereocenters. The molecule has 4 nitrogen and oxygen atoms in total. The highest BCUT2D eigenvalue weighted by atomic mass is 35.5. The molecule has 2 rings (SSSR count). The van der Waals surface area contributed by atoms with Gasteiger partial charge in [0.2, 0.25) is 0 Å². The molecule has 1 aromatic carbocycles. The molecule has 0 spiro atoms. The Bertz CT molecular complexity index is 650. The third kappa shape index (κ3) is 3.73. The lowest BCUT2D eigenvalue weighted by molar-refractivity contribution is 0.190. The second-order valence-electron chi connectivity index (χ2n) is 4.76. The molecule has 0 saturated carbocycles. The molecule has 112 valence electrons. The van der Waals surface area contributed by atoms with Crippen LogP contribution in [0.4, 0.5) is 0 Å². The lowest BCUT2D eigenvalue weighted by Gasteiger charge is -2.14. The molecule has 0 amide bonds. The summed E-state index contributed by atoms with van der Waals surface area (Å²) in [5.74, 6) is 0. The van der Waals surface area contributed by atoms with Gasteiger partial charge in [-0.3, -0.25) is 4.79 Å². The molecule has 0 aliphatic heterocycles. The summed E-state index contributed by atoms with van der Waals surface area (Å²) in [6.45, 7) is 1.45. The quantitative estimate of drug-likeness (QED) is 0.835. The van der Waals surface area contributed by atoms with Gasteiger partial charge in [-0.25, -0.2) is 0 Å². The van der Waals surface area contributed by atoms with Crippen molar-refractivity contribution in [3.05, 3.63) is 57.3 Å². The number of aromatic nitrogens is 1. The fraction of sp³-hybridized carbons (Fsp3) is 0.312. The number of benzene rings is 1. The Morgan fingerprint density at radius 3 is 2.52 bits per heavy atom. The Hall–Kier alpha value is -1.62. The summed E-state index contributed by atoms with van der Waals surface area (Å²) in [6, 6.07) is 11.2. The number of rotatable bonds is 6. The molecular weight excluding hydrogens is 288 g/mol. The van der Waals surface area contributed by atoms with Crippen LogP contribution < -0.4 is 11.3 Å². The molecule has 0 radical (unpaired) electrons. The Morgan fingerprint density at radius 2 is 1.90 bits per heavy atom. The van der Waals surface area contributed by atoms with Gasteiger partial charge in [0.1, 0.15) is 0 Å². The van der Waals surface area contributed by atoms with Crippen molar-refractivity contribution in [2.24, 2.45) is 5.73 Å². The minimum Gasteiger partial charge on any atom is -0.385 e. The zero-order valence-corrected chi connectivity index (χ0v) is 12.8. The maximum absolute atomic E-state index is 12.5. The van der Waals surface area contributed by atoms with Crippen LogP contribution in [-0.2, 0) is 17.8 Å². The number of hydrogen-bond acceptors (Lipinski definition) is 3. The molecular formula is C16H19ClN2O2. The van der Waals surface area contributed by atoms with Crippen molar-refractivity contribution >= 4 is 11.6 Å². The van der Waals surface area contributed by atoms with E-state index in [1.54, 1.807) is 17.7 Å². The summed E-state index contributed by atoms with van der Waals surface area (Å²) in [7, 11) is 1.65. The van der Waals surface area contributed by atoms with E-state index in [1.165, 1.54) is 0 Å². The highest BCUT2D eigenvalue weighted by Crippen LogP contribution is 2.21. The van der Waals surface area contributed by atoms with Crippen molar-refractivity contribution in [1.29, 1.82) is 0 Å². The molecule has 0 aliphatic rings. The summed E-state index contributed by atoms with van der Waals surface area (Å²) in [5, 5.41) is 0.672. The minimum atomic E-state index is -0.0407. The van der Waals surface area contributed by atoms with Crippen LogP contribution in [0.5, 0.6) is 0 Å². The van der Waals surface area contributed by atoms with Gasteiger partial charge < -0.3 is 15.0 Å². The van der Waals surface area contributed by atoms with Crippen molar-refractivity contribution in [2.45, 2.75) is 19.5 Å². The average Bonchev–Trinajstić information content (AvgIpc) is 2.50. The summed E-state index contributed by atoms with van der Waals surface area (Å²) < 4.78 is 6.82. The largest absolute Gasteiger partial charge is 0.385 e. The first kappa shape index (κ1) is 15.8. The van der Waals surface area contributed by atoms with E-state index in [1.807, 2.05) is 30.3 Å². The standard InChI is InChI=1S/C16H19ClN2O2/c1-21-10-2-9-19-15(8-5-13(11-18)16(19)20)12-3-6-14(17)7-4-12/h3-8H,2,9-11,18H2,1H3. The average molecular weight is 307 g/mol. The fourth-order valence-electron chi connectivity index (χ4n) is 2.24. The highest BCUT2D eigenvalue weighted by Gasteiger charge is 2.09. The van der Waals surface area contributed by atoms with Gasteiger partial charge in [0.05, 0.1) is 5.69 Å². The number of pyridine rings is 1. The Labute approximate surface area is 129 Å². The molecule has 5 heteroatoms. The second-order valence-corrected chi connectivity index (χ2v) is 5.19. The van der Waals surface area contributed by atoms with E-state index in [0.717, 1.165) is 17.7 Å². The van der Waals surface area contributed by atoms with Crippen LogP contribution in [0, 0.1) is 0 Å². The van der Waals surface area contributed by atoms with Gasteiger partial charge in [0.25, 0.3) is 5.56 Å². The van der Waals surface area contributed by atoms with Crippen LogP contribution in [0.3, 0.4) is 0 Å². The number of nitrogens with zero attached hydrogens (tertiary/aromatic N) is 1. The van der Waals surface area contributed by atoms with Gasteiger partial charge in [-0.2, -0.15) is 0 Å². The number of hydrogen-bond donors (Lipinski definition) is 1. The van der Waals surface area contributed by atoms with Gasteiger partial charge in [0.15, 0.2) is 0 Å². The molecule has 1 heterocycles.